The lowest BCUT2D eigenvalue weighted by atomic mass is 10.2. The number of benzene rings is 2. The Labute approximate surface area is 110 Å². The molecule has 0 saturated heterocycles. The van der Waals surface area contributed by atoms with Crippen molar-refractivity contribution in [3.8, 4) is 17.6 Å². The predicted molar refractivity (Wildman–Crippen MR) is 71.8 cm³/mol. The number of anilines is 1. The number of ether oxygens (including phenoxy) is 1. The standard InChI is InChI=1S/C14H11ClN2O/c1-9-6-11(2-4-13(9)15)18-12-3-5-14(17)10(7-12)8-16/h2-7H,17H2,1H3. The second-order valence-electron chi connectivity index (χ2n) is 3.87. The van der Waals surface area contributed by atoms with Crippen molar-refractivity contribution in [3.63, 3.8) is 0 Å². The normalized spacial score (nSPS) is 9.83. The Morgan fingerprint density at radius 2 is 1.83 bits per heavy atom. The number of hydrogen-bond donors (Lipinski definition) is 1. The van der Waals surface area contributed by atoms with E-state index >= 15 is 0 Å². The van der Waals surface area contributed by atoms with Crippen LogP contribution in [0.5, 0.6) is 11.5 Å². The first-order chi connectivity index (χ1) is 8.60. The minimum atomic E-state index is 0.401. The summed E-state index contributed by atoms with van der Waals surface area (Å²) in [5.74, 6) is 1.24. The van der Waals surface area contributed by atoms with E-state index in [4.69, 9.17) is 27.3 Å². The first kappa shape index (κ1) is 12.3. The Bertz CT molecular complexity index is 632. The largest absolute Gasteiger partial charge is 0.457 e. The smallest absolute Gasteiger partial charge is 0.128 e. The Morgan fingerprint density at radius 3 is 2.50 bits per heavy atom. The summed E-state index contributed by atoms with van der Waals surface area (Å²) in [6.07, 6.45) is 0. The molecular weight excluding hydrogens is 248 g/mol. The number of hydrogen-bond acceptors (Lipinski definition) is 3. The highest BCUT2D eigenvalue weighted by molar-refractivity contribution is 6.31. The fourth-order valence-electron chi connectivity index (χ4n) is 1.51. The van der Waals surface area contributed by atoms with Gasteiger partial charge in [-0.05, 0) is 42.8 Å². The molecule has 0 unspecified atom stereocenters. The van der Waals surface area contributed by atoms with Crippen molar-refractivity contribution in [1.82, 2.24) is 0 Å². The molecule has 2 N–H and O–H groups in total. The molecule has 0 heterocycles. The molecule has 0 saturated carbocycles. The summed E-state index contributed by atoms with van der Waals surface area (Å²) in [5.41, 5.74) is 7.42. The van der Waals surface area contributed by atoms with Crippen LogP contribution in [0.3, 0.4) is 0 Å². The Kier molecular flexibility index (Phi) is 3.40. The van der Waals surface area contributed by atoms with Gasteiger partial charge in [-0.1, -0.05) is 11.6 Å². The third kappa shape index (κ3) is 2.55. The minimum absolute atomic E-state index is 0.401. The third-order valence-electron chi connectivity index (χ3n) is 2.51. The van der Waals surface area contributed by atoms with Crippen molar-refractivity contribution in [1.29, 1.82) is 5.26 Å². The van der Waals surface area contributed by atoms with Crippen molar-refractivity contribution in [2.24, 2.45) is 0 Å². The monoisotopic (exact) mass is 258 g/mol. The molecule has 2 aromatic rings. The molecule has 18 heavy (non-hydrogen) atoms. The molecule has 0 aromatic heterocycles. The number of nitrogens with zero attached hydrogens (tertiary/aromatic N) is 1. The number of aryl methyl sites for hydroxylation is 1. The van der Waals surface area contributed by atoms with Crippen LogP contribution in [-0.4, -0.2) is 0 Å². The van der Waals surface area contributed by atoms with E-state index in [-0.39, 0.29) is 0 Å². The average Bonchev–Trinajstić information content (AvgIpc) is 2.36. The number of rotatable bonds is 2. The fraction of sp³-hybridized carbons (Fsp3) is 0.0714. The summed E-state index contributed by atoms with van der Waals surface area (Å²) in [4.78, 5) is 0. The highest BCUT2D eigenvalue weighted by Crippen LogP contribution is 2.27. The van der Waals surface area contributed by atoms with Crippen LogP contribution in [-0.2, 0) is 0 Å². The molecule has 2 aromatic carbocycles. The number of nitrogen functional groups attached to an aromatic ring is 1. The first-order valence-electron chi connectivity index (χ1n) is 5.34. The molecular formula is C14H11ClN2O. The van der Waals surface area contributed by atoms with Gasteiger partial charge in [0.2, 0.25) is 0 Å². The van der Waals surface area contributed by atoms with Crippen molar-refractivity contribution in [3.05, 3.63) is 52.5 Å². The lowest BCUT2D eigenvalue weighted by Gasteiger charge is -2.08. The second-order valence-corrected chi connectivity index (χ2v) is 4.28. The van der Waals surface area contributed by atoms with Gasteiger partial charge in [-0.15, -0.1) is 0 Å². The molecule has 0 radical (unpaired) electrons. The summed E-state index contributed by atoms with van der Waals surface area (Å²) in [7, 11) is 0. The van der Waals surface area contributed by atoms with E-state index in [1.54, 1.807) is 30.3 Å². The number of nitriles is 1. The Morgan fingerprint density at radius 1 is 1.17 bits per heavy atom. The fourth-order valence-corrected chi connectivity index (χ4v) is 1.63. The first-order valence-corrected chi connectivity index (χ1v) is 5.71. The van der Waals surface area contributed by atoms with E-state index in [1.165, 1.54) is 0 Å². The van der Waals surface area contributed by atoms with Crippen molar-refractivity contribution >= 4 is 17.3 Å². The van der Waals surface area contributed by atoms with E-state index in [0.29, 0.717) is 27.8 Å². The SMILES string of the molecule is Cc1cc(Oc2ccc(N)c(C#N)c2)ccc1Cl. The summed E-state index contributed by atoms with van der Waals surface area (Å²) < 4.78 is 5.65. The quantitative estimate of drug-likeness (QED) is 0.831. The van der Waals surface area contributed by atoms with Gasteiger partial charge in [0.05, 0.1) is 5.56 Å². The van der Waals surface area contributed by atoms with E-state index in [0.717, 1.165) is 5.56 Å². The zero-order chi connectivity index (χ0) is 13.1. The van der Waals surface area contributed by atoms with Crippen LogP contribution >= 0.6 is 11.6 Å². The molecule has 3 nitrogen and oxygen atoms in total. The van der Waals surface area contributed by atoms with E-state index < -0.39 is 0 Å². The Balaban J connectivity index is 2.29. The van der Waals surface area contributed by atoms with Crippen LogP contribution < -0.4 is 10.5 Å². The van der Waals surface area contributed by atoms with Gasteiger partial charge in [-0.2, -0.15) is 5.26 Å². The number of nitrogens with two attached hydrogens (primary N) is 1. The van der Waals surface area contributed by atoms with Crippen LogP contribution in [0, 0.1) is 18.3 Å². The predicted octanol–water partition coefficient (Wildman–Crippen LogP) is 3.89. The van der Waals surface area contributed by atoms with Crippen molar-refractivity contribution < 1.29 is 4.74 Å². The lowest BCUT2D eigenvalue weighted by Crippen LogP contribution is -1.92. The number of halogens is 1. The topological polar surface area (TPSA) is 59.0 Å². The van der Waals surface area contributed by atoms with Gasteiger partial charge in [-0.3, -0.25) is 0 Å². The second kappa shape index (κ2) is 4.99. The maximum atomic E-state index is 8.89. The van der Waals surface area contributed by atoms with Crippen LogP contribution in [0.2, 0.25) is 5.02 Å². The van der Waals surface area contributed by atoms with Gasteiger partial charge in [0, 0.05) is 16.8 Å². The van der Waals surface area contributed by atoms with Crippen LogP contribution in [0.4, 0.5) is 5.69 Å². The summed E-state index contributed by atoms with van der Waals surface area (Å²) in [5, 5.41) is 9.58. The van der Waals surface area contributed by atoms with Gasteiger partial charge in [0.1, 0.15) is 17.6 Å². The van der Waals surface area contributed by atoms with E-state index in [1.807, 2.05) is 19.1 Å². The summed E-state index contributed by atoms with van der Waals surface area (Å²) in [6.45, 7) is 1.90. The van der Waals surface area contributed by atoms with Gasteiger partial charge in [0.15, 0.2) is 0 Å². The molecule has 0 atom stereocenters. The molecule has 90 valence electrons. The molecule has 0 fully saturated rings. The maximum absolute atomic E-state index is 8.89. The zero-order valence-electron chi connectivity index (χ0n) is 9.77. The molecule has 0 aliphatic heterocycles. The lowest BCUT2D eigenvalue weighted by molar-refractivity contribution is 0.482. The molecule has 0 bridgehead atoms. The van der Waals surface area contributed by atoms with E-state index in [2.05, 4.69) is 0 Å². The van der Waals surface area contributed by atoms with Gasteiger partial charge in [-0.25, -0.2) is 0 Å². The van der Waals surface area contributed by atoms with Crippen molar-refractivity contribution in [2.45, 2.75) is 6.92 Å². The Hall–Kier alpha value is -2.18. The molecule has 0 aliphatic rings. The summed E-state index contributed by atoms with van der Waals surface area (Å²) >= 11 is 5.94. The average molecular weight is 259 g/mol. The van der Waals surface area contributed by atoms with Crippen LogP contribution in [0.1, 0.15) is 11.1 Å². The maximum Gasteiger partial charge on any atom is 0.128 e. The van der Waals surface area contributed by atoms with Gasteiger partial charge < -0.3 is 10.5 Å². The van der Waals surface area contributed by atoms with Crippen molar-refractivity contribution in [2.75, 3.05) is 5.73 Å². The molecule has 4 heteroatoms. The molecule has 0 amide bonds. The molecule has 2 rings (SSSR count). The molecule has 0 spiro atoms. The zero-order valence-corrected chi connectivity index (χ0v) is 10.5. The van der Waals surface area contributed by atoms with Gasteiger partial charge >= 0.3 is 0 Å². The minimum Gasteiger partial charge on any atom is -0.457 e. The van der Waals surface area contributed by atoms with Gasteiger partial charge in [0.25, 0.3) is 0 Å². The van der Waals surface area contributed by atoms with E-state index in [9.17, 15) is 0 Å². The third-order valence-corrected chi connectivity index (χ3v) is 2.93. The highest BCUT2D eigenvalue weighted by Gasteiger charge is 2.03. The molecule has 0 aliphatic carbocycles. The summed E-state index contributed by atoms with van der Waals surface area (Å²) in [6, 6.07) is 12.4. The van der Waals surface area contributed by atoms with Crippen LogP contribution in [0.25, 0.3) is 0 Å². The highest BCUT2D eigenvalue weighted by atomic mass is 35.5. The van der Waals surface area contributed by atoms with Crippen LogP contribution in [0.15, 0.2) is 36.4 Å².